The summed E-state index contributed by atoms with van der Waals surface area (Å²) in [6.45, 7) is 1.52. The summed E-state index contributed by atoms with van der Waals surface area (Å²) in [5.74, 6) is 0.0689. The van der Waals surface area contributed by atoms with E-state index >= 15 is 0 Å². The van der Waals surface area contributed by atoms with E-state index in [2.05, 4.69) is 5.32 Å². The Morgan fingerprint density at radius 2 is 1.79 bits per heavy atom. The molecular weight excluding hydrogens is 475 g/mol. The molecule has 0 radical (unpaired) electrons. The summed E-state index contributed by atoms with van der Waals surface area (Å²) in [7, 11) is 0. The van der Waals surface area contributed by atoms with Crippen LogP contribution in [0, 0.1) is 0 Å². The summed E-state index contributed by atoms with van der Waals surface area (Å²) in [4.78, 5) is 29.4. The van der Waals surface area contributed by atoms with Crippen LogP contribution in [0.25, 0.3) is 0 Å². The Bertz CT molecular complexity index is 981. The molecule has 2 amide bonds. The first kappa shape index (κ1) is 25.2. The molecule has 2 aromatic rings. The molecule has 1 aliphatic heterocycles. The maximum atomic E-state index is 13.2. The van der Waals surface area contributed by atoms with Crippen LogP contribution in [0.4, 0.5) is 18.9 Å². The molecule has 1 saturated heterocycles. The molecule has 0 spiro atoms. The van der Waals surface area contributed by atoms with Crippen molar-refractivity contribution < 1.29 is 22.8 Å². The number of nitrogens with one attached hydrogen (secondary N) is 1. The molecule has 0 bridgehead atoms. The van der Waals surface area contributed by atoms with Gasteiger partial charge in [0, 0.05) is 31.9 Å². The second kappa shape index (κ2) is 11.2. The second-order valence-electron chi connectivity index (χ2n) is 7.65. The number of thioether (sulfide) groups is 1. The second-order valence-corrected chi connectivity index (χ2v) is 9.04. The molecular formula is C23H25ClF3N3O2S. The topological polar surface area (TPSA) is 52.7 Å². The zero-order valence-corrected chi connectivity index (χ0v) is 19.6. The lowest BCUT2D eigenvalue weighted by atomic mass is 10.1. The molecule has 1 fully saturated rings. The largest absolute Gasteiger partial charge is 0.416 e. The van der Waals surface area contributed by atoms with Crippen molar-refractivity contribution in [2.75, 3.05) is 43.1 Å². The minimum absolute atomic E-state index is 0.201. The Hall–Kier alpha value is -2.39. The first-order valence-electron chi connectivity index (χ1n) is 10.5. The molecule has 10 heteroatoms. The van der Waals surface area contributed by atoms with Crippen LogP contribution in [0.5, 0.6) is 0 Å². The van der Waals surface area contributed by atoms with Gasteiger partial charge in [0.05, 0.1) is 16.1 Å². The van der Waals surface area contributed by atoms with Crippen LogP contribution in [0.3, 0.4) is 0 Å². The molecule has 1 N–H and O–H groups in total. The number of hydrogen-bond acceptors (Lipinski definition) is 4. The lowest BCUT2D eigenvalue weighted by Crippen LogP contribution is -2.55. The first-order valence-corrected chi connectivity index (χ1v) is 12.2. The van der Waals surface area contributed by atoms with E-state index in [1.807, 2.05) is 11.2 Å². The number of halogens is 4. The lowest BCUT2D eigenvalue weighted by molar-refractivity contribution is -0.137. The highest BCUT2D eigenvalue weighted by atomic mass is 35.5. The summed E-state index contributed by atoms with van der Waals surface area (Å²) < 4.78 is 39.1. The molecule has 0 saturated carbocycles. The van der Waals surface area contributed by atoms with Crippen molar-refractivity contribution in [3.8, 4) is 0 Å². The number of hydrogen-bond donors (Lipinski definition) is 1. The number of benzene rings is 2. The number of nitrogens with zero attached hydrogens (tertiary/aromatic N) is 2. The van der Waals surface area contributed by atoms with Crippen molar-refractivity contribution in [2.24, 2.45) is 0 Å². The monoisotopic (exact) mass is 499 g/mol. The fraction of sp³-hybridized carbons (Fsp3) is 0.391. The third-order valence-corrected chi connectivity index (χ3v) is 6.44. The zero-order chi connectivity index (χ0) is 24.0. The van der Waals surface area contributed by atoms with E-state index in [1.54, 1.807) is 47.0 Å². The van der Waals surface area contributed by atoms with Gasteiger partial charge in [-0.1, -0.05) is 29.8 Å². The lowest BCUT2D eigenvalue weighted by Gasteiger charge is -2.38. The molecule has 0 aliphatic carbocycles. The number of carbonyl (C=O) groups excluding carboxylic acids is 2. The van der Waals surface area contributed by atoms with Crippen LogP contribution in [0.15, 0.2) is 48.5 Å². The van der Waals surface area contributed by atoms with E-state index in [1.165, 1.54) is 6.07 Å². The van der Waals surface area contributed by atoms with Gasteiger partial charge in [-0.25, -0.2) is 0 Å². The summed E-state index contributed by atoms with van der Waals surface area (Å²) in [6, 6.07) is 11.1. The van der Waals surface area contributed by atoms with Crippen molar-refractivity contribution in [1.82, 2.24) is 10.2 Å². The number of alkyl halides is 3. The van der Waals surface area contributed by atoms with E-state index in [-0.39, 0.29) is 5.91 Å². The highest BCUT2D eigenvalue weighted by molar-refractivity contribution is 7.98. The number of piperazine rings is 1. The highest BCUT2D eigenvalue weighted by Gasteiger charge is 2.32. The molecule has 5 nitrogen and oxygen atoms in total. The van der Waals surface area contributed by atoms with Crippen LogP contribution in [0.2, 0.25) is 5.02 Å². The predicted molar refractivity (Wildman–Crippen MR) is 126 cm³/mol. The molecule has 1 atom stereocenters. The van der Waals surface area contributed by atoms with Gasteiger partial charge in [0.25, 0.3) is 5.91 Å². The molecule has 1 heterocycles. The maximum absolute atomic E-state index is 13.2. The normalized spacial score (nSPS) is 15.3. The highest BCUT2D eigenvalue weighted by Crippen LogP contribution is 2.32. The van der Waals surface area contributed by atoms with E-state index < -0.39 is 23.7 Å². The standard InChI is InChI=1S/C23H25ClF3N3O2S/c1-33-14-9-20(28-21(31)18-7-2-3-8-19(18)24)22(32)30-12-10-29(11-13-30)17-6-4-5-16(15-17)23(25,26)27/h2-8,15,20H,9-14H2,1H3,(H,28,31). The number of rotatable bonds is 7. The Balaban J connectivity index is 1.65. The average molecular weight is 500 g/mol. The fourth-order valence-electron chi connectivity index (χ4n) is 3.66. The summed E-state index contributed by atoms with van der Waals surface area (Å²) in [5, 5.41) is 3.11. The number of amides is 2. The third-order valence-electron chi connectivity index (χ3n) is 5.46. The maximum Gasteiger partial charge on any atom is 0.416 e. The van der Waals surface area contributed by atoms with Gasteiger partial charge >= 0.3 is 6.18 Å². The minimum atomic E-state index is -4.40. The molecule has 33 heavy (non-hydrogen) atoms. The van der Waals surface area contributed by atoms with Crippen LogP contribution < -0.4 is 10.2 Å². The van der Waals surface area contributed by atoms with Crippen molar-refractivity contribution in [1.29, 1.82) is 0 Å². The fourth-order valence-corrected chi connectivity index (χ4v) is 4.35. The van der Waals surface area contributed by atoms with Gasteiger partial charge in [-0.2, -0.15) is 24.9 Å². The van der Waals surface area contributed by atoms with Crippen LogP contribution in [-0.4, -0.2) is 60.9 Å². The van der Waals surface area contributed by atoms with Gasteiger partial charge in [-0.3, -0.25) is 9.59 Å². The SMILES string of the molecule is CSCCC(NC(=O)c1ccccc1Cl)C(=O)N1CCN(c2cccc(C(F)(F)F)c2)CC1. The number of anilines is 1. The van der Waals surface area contributed by atoms with Crippen LogP contribution >= 0.6 is 23.4 Å². The minimum Gasteiger partial charge on any atom is -0.368 e. The van der Waals surface area contributed by atoms with Gasteiger partial charge in [-0.15, -0.1) is 0 Å². The van der Waals surface area contributed by atoms with Crippen molar-refractivity contribution in [3.63, 3.8) is 0 Å². The molecule has 2 aromatic carbocycles. The van der Waals surface area contributed by atoms with E-state index in [0.717, 1.165) is 12.1 Å². The van der Waals surface area contributed by atoms with Crippen LogP contribution in [-0.2, 0) is 11.0 Å². The van der Waals surface area contributed by atoms with Gasteiger partial charge in [0.2, 0.25) is 5.91 Å². The molecule has 178 valence electrons. The Morgan fingerprint density at radius 3 is 2.42 bits per heavy atom. The van der Waals surface area contributed by atoms with Gasteiger partial charge in [-0.05, 0) is 48.8 Å². The van der Waals surface area contributed by atoms with Gasteiger partial charge in [0.1, 0.15) is 6.04 Å². The number of carbonyl (C=O) groups is 2. The molecule has 1 unspecified atom stereocenters. The van der Waals surface area contributed by atoms with Gasteiger partial charge < -0.3 is 15.1 Å². The van der Waals surface area contributed by atoms with Crippen molar-refractivity contribution >= 4 is 40.9 Å². The van der Waals surface area contributed by atoms with E-state index in [9.17, 15) is 22.8 Å². The van der Waals surface area contributed by atoms with Crippen LogP contribution in [0.1, 0.15) is 22.3 Å². The van der Waals surface area contributed by atoms with Crippen molar-refractivity contribution in [2.45, 2.75) is 18.6 Å². The Labute approximate surface area is 200 Å². The first-order chi connectivity index (χ1) is 15.7. The molecule has 0 aromatic heterocycles. The predicted octanol–water partition coefficient (Wildman–Crippen LogP) is 4.56. The smallest absolute Gasteiger partial charge is 0.368 e. The summed E-state index contributed by atoms with van der Waals surface area (Å²) in [5.41, 5.74) is 0.0799. The third kappa shape index (κ3) is 6.57. The van der Waals surface area contributed by atoms with E-state index in [0.29, 0.717) is 54.6 Å². The average Bonchev–Trinajstić information content (AvgIpc) is 2.81. The summed E-state index contributed by atoms with van der Waals surface area (Å²) in [6.07, 6.45) is -2.02. The Kier molecular flexibility index (Phi) is 8.53. The zero-order valence-electron chi connectivity index (χ0n) is 18.1. The molecule has 1 aliphatic rings. The molecule has 3 rings (SSSR count). The quantitative estimate of drug-likeness (QED) is 0.607. The summed E-state index contributed by atoms with van der Waals surface area (Å²) >= 11 is 7.69. The van der Waals surface area contributed by atoms with E-state index in [4.69, 9.17) is 11.6 Å². The van der Waals surface area contributed by atoms with Crippen molar-refractivity contribution in [3.05, 3.63) is 64.7 Å². The van der Waals surface area contributed by atoms with Gasteiger partial charge in [0.15, 0.2) is 0 Å². The Morgan fingerprint density at radius 1 is 1.09 bits per heavy atom.